The van der Waals surface area contributed by atoms with E-state index in [1.54, 1.807) is 0 Å². The van der Waals surface area contributed by atoms with Crippen LogP contribution in [0, 0.1) is 3.57 Å². The Labute approximate surface area is 116 Å². The molecule has 0 saturated carbocycles. The van der Waals surface area contributed by atoms with Crippen molar-refractivity contribution in [1.29, 1.82) is 0 Å². The van der Waals surface area contributed by atoms with E-state index in [4.69, 9.17) is 0 Å². The second-order valence-corrected chi connectivity index (χ2v) is 5.64. The van der Waals surface area contributed by atoms with E-state index in [0.29, 0.717) is 12.5 Å². The van der Waals surface area contributed by atoms with Gasteiger partial charge >= 0.3 is 117 Å². The van der Waals surface area contributed by atoms with Gasteiger partial charge in [0.1, 0.15) is 0 Å². The molecule has 1 aliphatic rings. The van der Waals surface area contributed by atoms with E-state index >= 15 is 0 Å². The maximum absolute atomic E-state index is 10.4. The van der Waals surface area contributed by atoms with Gasteiger partial charge in [0, 0.05) is 0 Å². The van der Waals surface area contributed by atoms with E-state index in [9.17, 15) is 4.70 Å². The standard InChI is InChI=1S/C12H16BIN2O/c14-10-1-3-11(4-2-10)15-12-5-7-16(8-6-12)9-13-17/h1-4,12,15H,5-9H2. The molecule has 0 spiro atoms. The van der Waals surface area contributed by atoms with E-state index in [0.717, 1.165) is 33.1 Å². The number of likely N-dealkylation sites (tertiary alicyclic amines) is 1. The molecular formula is C12H16BIN2O. The summed E-state index contributed by atoms with van der Waals surface area (Å²) in [5.41, 5.74) is 1.19. The number of nitrogens with zero attached hydrogens (tertiary/aromatic N) is 1. The summed E-state index contributed by atoms with van der Waals surface area (Å²) in [6.45, 7) is 2.03. The molecule has 1 saturated heterocycles. The number of anilines is 1. The van der Waals surface area contributed by atoms with Crippen molar-refractivity contribution < 1.29 is 4.70 Å². The third-order valence-electron chi connectivity index (χ3n) is 3.14. The van der Waals surface area contributed by atoms with Gasteiger partial charge in [-0.1, -0.05) is 0 Å². The van der Waals surface area contributed by atoms with Crippen LogP contribution in [-0.2, 0) is 4.70 Å². The Morgan fingerprint density at radius 2 is 1.94 bits per heavy atom. The molecule has 0 aromatic heterocycles. The first-order chi connectivity index (χ1) is 8.28. The number of nitrogens with one attached hydrogen (secondary N) is 1. The van der Waals surface area contributed by atoms with E-state index in [1.807, 2.05) is 0 Å². The molecule has 0 atom stereocenters. The first-order valence-electron chi connectivity index (χ1n) is 5.96. The molecule has 0 aliphatic carbocycles. The third-order valence-corrected chi connectivity index (χ3v) is 3.85. The van der Waals surface area contributed by atoms with Crippen LogP contribution in [-0.4, -0.2) is 37.6 Å². The van der Waals surface area contributed by atoms with Gasteiger partial charge in [0.2, 0.25) is 0 Å². The number of benzene rings is 1. The van der Waals surface area contributed by atoms with Gasteiger partial charge in [-0.25, -0.2) is 0 Å². The molecule has 0 bridgehead atoms. The van der Waals surface area contributed by atoms with Crippen molar-refractivity contribution >= 4 is 35.4 Å². The summed E-state index contributed by atoms with van der Waals surface area (Å²) in [6.07, 6.45) is 2.80. The molecule has 1 aromatic carbocycles. The number of hydrogen-bond acceptors (Lipinski definition) is 3. The quantitative estimate of drug-likeness (QED) is 0.673. The van der Waals surface area contributed by atoms with Crippen LogP contribution in [0.4, 0.5) is 5.69 Å². The van der Waals surface area contributed by atoms with Gasteiger partial charge in [0.15, 0.2) is 0 Å². The van der Waals surface area contributed by atoms with Crippen LogP contribution >= 0.6 is 22.6 Å². The fraction of sp³-hybridized carbons (Fsp3) is 0.500. The summed E-state index contributed by atoms with van der Waals surface area (Å²) in [6, 6.07) is 9.02. The van der Waals surface area contributed by atoms with Crippen LogP contribution in [0.2, 0.25) is 0 Å². The van der Waals surface area contributed by atoms with E-state index in [-0.39, 0.29) is 0 Å². The van der Waals surface area contributed by atoms with Gasteiger partial charge in [-0.3, -0.25) is 0 Å². The Balaban J connectivity index is 1.81. The van der Waals surface area contributed by atoms with Gasteiger partial charge in [-0.05, 0) is 0 Å². The first kappa shape index (κ1) is 13.0. The number of rotatable bonds is 4. The molecule has 1 heterocycles. The Kier molecular flexibility index (Phi) is 4.97. The Morgan fingerprint density at radius 1 is 1.29 bits per heavy atom. The summed E-state index contributed by atoms with van der Waals surface area (Å²) in [5.74, 6) is 0. The normalized spacial score (nSPS) is 17.7. The number of halogens is 1. The van der Waals surface area contributed by atoms with Crippen molar-refractivity contribution in [3.63, 3.8) is 0 Å². The van der Waals surface area contributed by atoms with Crippen LogP contribution in [0.5, 0.6) is 0 Å². The van der Waals surface area contributed by atoms with Crippen LogP contribution in [0.1, 0.15) is 12.8 Å². The summed E-state index contributed by atoms with van der Waals surface area (Å²) >= 11 is 2.31. The minimum absolute atomic E-state index is 0.540. The van der Waals surface area contributed by atoms with Gasteiger partial charge in [-0.2, -0.15) is 0 Å². The van der Waals surface area contributed by atoms with E-state index in [2.05, 4.69) is 57.1 Å². The predicted octanol–water partition coefficient (Wildman–Crippen LogP) is 2.17. The third kappa shape index (κ3) is 4.06. The summed E-state index contributed by atoms with van der Waals surface area (Å²) in [5, 5.41) is 3.55. The number of hydrogen-bond donors (Lipinski definition) is 1. The topological polar surface area (TPSA) is 32.3 Å². The molecule has 17 heavy (non-hydrogen) atoms. The zero-order valence-electron chi connectivity index (χ0n) is 9.73. The van der Waals surface area contributed by atoms with Crippen molar-refractivity contribution in [3.05, 3.63) is 27.8 Å². The first-order valence-corrected chi connectivity index (χ1v) is 7.04. The molecule has 1 aromatic rings. The van der Waals surface area contributed by atoms with Crippen molar-refractivity contribution in [2.75, 3.05) is 24.9 Å². The second-order valence-electron chi connectivity index (χ2n) is 4.39. The molecule has 2 rings (SSSR count). The van der Waals surface area contributed by atoms with E-state index in [1.165, 1.54) is 9.26 Å². The zero-order chi connectivity index (χ0) is 12.1. The van der Waals surface area contributed by atoms with Crippen molar-refractivity contribution in [2.45, 2.75) is 18.9 Å². The predicted molar refractivity (Wildman–Crippen MR) is 78.7 cm³/mol. The molecule has 0 unspecified atom stereocenters. The molecule has 3 nitrogen and oxygen atoms in total. The maximum atomic E-state index is 10.4. The second kappa shape index (κ2) is 6.49. The van der Waals surface area contributed by atoms with Gasteiger partial charge in [-0.15, -0.1) is 0 Å². The Morgan fingerprint density at radius 3 is 2.53 bits per heavy atom. The fourth-order valence-electron chi connectivity index (χ4n) is 2.15. The van der Waals surface area contributed by atoms with Gasteiger partial charge < -0.3 is 0 Å². The molecule has 90 valence electrons. The van der Waals surface area contributed by atoms with E-state index < -0.39 is 0 Å². The Hall–Kier alpha value is -0.425. The van der Waals surface area contributed by atoms with Crippen molar-refractivity contribution in [3.8, 4) is 0 Å². The average Bonchev–Trinajstić information content (AvgIpc) is 2.35. The minimum atomic E-state index is 0.540. The van der Waals surface area contributed by atoms with Crippen LogP contribution < -0.4 is 5.32 Å². The molecule has 1 N–H and O–H groups in total. The molecule has 0 amide bonds. The number of piperidine rings is 1. The molecule has 1 aliphatic heterocycles. The summed E-state index contributed by atoms with van der Waals surface area (Å²) < 4.78 is 11.7. The Bertz CT molecular complexity index is 363. The van der Waals surface area contributed by atoms with Crippen LogP contribution in [0.15, 0.2) is 24.3 Å². The fourth-order valence-corrected chi connectivity index (χ4v) is 2.51. The van der Waals surface area contributed by atoms with Crippen molar-refractivity contribution in [2.24, 2.45) is 0 Å². The molecule has 5 heteroatoms. The van der Waals surface area contributed by atoms with Gasteiger partial charge in [0.25, 0.3) is 0 Å². The van der Waals surface area contributed by atoms with Gasteiger partial charge in [0.05, 0.1) is 0 Å². The van der Waals surface area contributed by atoms with Crippen molar-refractivity contribution in [1.82, 2.24) is 4.90 Å². The molecule has 0 radical (unpaired) electrons. The summed E-state index contributed by atoms with van der Waals surface area (Å²) in [4.78, 5) is 2.21. The molecular weight excluding hydrogens is 326 g/mol. The molecule has 1 fully saturated rings. The summed E-state index contributed by atoms with van der Waals surface area (Å²) in [7, 11) is 0.993. The monoisotopic (exact) mass is 342 g/mol. The average molecular weight is 342 g/mol. The SMILES string of the molecule is O=BCN1CCC(Nc2ccc(I)cc2)CC1. The van der Waals surface area contributed by atoms with Crippen LogP contribution in [0.25, 0.3) is 0 Å². The van der Waals surface area contributed by atoms with Crippen LogP contribution in [0.3, 0.4) is 0 Å². The zero-order valence-corrected chi connectivity index (χ0v) is 11.9.